The van der Waals surface area contributed by atoms with Crippen LogP contribution in [0, 0.1) is 5.92 Å². The summed E-state index contributed by atoms with van der Waals surface area (Å²) in [6.45, 7) is 0.433. The van der Waals surface area contributed by atoms with Gasteiger partial charge in [-0.15, -0.1) is 0 Å². The molecule has 0 radical (unpaired) electrons. The number of anilines is 1. The van der Waals surface area contributed by atoms with E-state index in [4.69, 9.17) is 16.3 Å². The van der Waals surface area contributed by atoms with Crippen LogP contribution < -0.4 is 10.1 Å². The van der Waals surface area contributed by atoms with Gasteiger partial charge in [0.25, 0.3) is 0 Å². The molecule has 5 heteroatoms. The minimum absolute atomic E-state index is 0.0179. The molecule has 1 heterocycles. The number of hydrogen-bond donors (Lipinski definition) is 1. The van der Waals surface area contributed by atoms with Gasteiger partial charge in [-0.2, -0.15) is 0 Å². The molecule has 1 amide bonds. The smallest absolute Gasteiger partial charge is 0.228 e. The first-order chi connectivity index (χ1) is 13.2. The summed E-state index contributed by atoms with van der Waals surface area (Å²) in [4.78, 5) is 16.6. The maximum absolute atomic E-state index is 12.6. The highest BCUT2D eigenvalue weighted by Crippen LogP contribution is 2.50. The molecule has 4 rings (SSSR count). The molecule has 1 saturated carbocycles. The SMILES string of the molecule is O=C(Nc1cccc(OCc2cccnc2)c1)C1CC1c1ccccc1Cl. The maximum Gasteiger partial charge on any atom is 0.228 e. The fourth-order valence-corrected chi connectivity index (χ4v) is 3.43. The molecule has 1 N–H and O–H groups in total. The average Bonchev–Trinajstić information content (AvgIpc) is 3.49. The fraction of sp³-hybridized carbons (Fsp3) is 0.182. The molecule has 1 fully saturated rings. The number of nitrogens with one attached hydrogen (secondary N) is 1. The first-order valence-electron chi connectivity index (χ1n) is 8.88. The van der Waals surface area contributed by atoms with Crippen LogP contribution in [-0.2, 0) is 11.4 Å². The van der Waals surface area contributed by atoms with Crippen LogP contribution in [0.2, 0.25) is 5.02 Å². The van der Waals surface area contributed by atoms with Gasteiger partial charge in [-0.25, -0.2) is 0 Å². The minimum Gasteiger partial charge on any atom is -0.489 e. The Morgan fingerprint density at radius 3 is 2.85 bits per heavy atom. The first kappa shape index (κ1) is 17.6. The van der Waals surface area contributed by atoms with Gasteiger partial charge in [-0.3, -0.25) is 9.78 Å². The van der Waals surface area contributed by atoms with E-state index in [9.17, 15) is 4.79 Å². The molecule has 1 aromatic heterocycles. The monoisotopic (exact) mass is 378 g/mol. The Kier molecular flexibility index (Phi) is 5.07. The number of nitrogens with zero attached hydrogens (tertiary/aromatic N) is 1. The van der Waals surface area contributed by atoms with Crippen molar-refractivity contribution >= 4 is 23.2 Å². The Morgan fingerprint density at radius 2 is 2.04 bits per heavy atom. The van der Waals surface area contributed by atoms with Gasteiger partial charge >= 0.3 is 0 Å². The highest BCUT2D eigenvalue weighted by Gasteiger charge is 2.44. The number of benzene rings is 2. The Hall–Kier alpha value is -2.85. The molecule has 0 aliphatic heterocycles. The number of carbonyl (C=O) groups excluding carboxylic acids is 1. The van der Waals surface area contributed by atoms with Crippen LogP contribution in [0.5, 0.6) is 5.75 Å². The van der Waals surface area contributed by atoms with E-state index in [1.54, 1.807) is 12.4 Å². The number of ether oxygens (including phenoxy) is 1. The lowest BCUT2D eigenvalue weighted by Gasteiger charge is -2.09. The molecule has 1 aliphatic carbocycles. The first-order valence-corrected chi connectivity index (χ1v) is 9.25. The van der Waals surface area contributed by atoms with E-state index in [1.807, 2.05) is 60.7 Å². The Balaban J connectivity index is 1.36. The van der Waals surface area contributed by atoms with Crippen LogP contribution in [0.3, 0.4) is 0 Å². The second kappa shape index (κ2) is 7.80. The van der Waals surface area contributed by atoms with Gasteiger partial charge in [0.05, 0.1) is 0 Å². The van der Waals surface area contributed by atoms with Gasteiger partial charge in [0, 0.05) is 40.7 Å². The van der Waals surface area contributed by atoms with Crippen molar-refractivity contribution in [2.24, 2.45) is 5.92 Å². The maximum atomic E-state index is 12.6. The van der Waals surface area contributed by atoms with E-state index in [0.29, 0.717) is 12.4 Å². The van der Waals surface area contributed by atoms with Crippen LogP contribution in [0.15, 0.2) is 73.1 Å². The number of amides is 1. The van der Waals surface area contributed by atoms with E-state index in [-0.39, 0.29) is 17.7 Å². The van der Waals surface area contributed by atoms with E-state index >= 15 is 0 Å². The molecule has 3 aromatic rings. The van der Waals surface area contributed by atoms with Crippen LogP contribution in [0.25, 0.3) is 0 Å². The summed E-state index contributed by atoms with van der Waals surface area (Å²) in [7, 11) is 0. The van der Waals surface area contributed by atoms with Gasteiger partial charge in [-0.05, 0) is 42.2 Å². The zero-order valence-electron chi connectivity index (χ0n) is 14.6. The summed E-state index contributed by atoms with van der Waals surface area (Å²) >= 11 is 6.24. The summed E-state index contributed by atoms with van der Waals surface area (Å²) in [5, 5.41) is 3.71. The quantitative estimate of drug-likeness (QED) is 0.652. The molecule has 136 valence electrons. The van der Waals surface area contributed by atoms with E-state index in [0.717, 1.165) is 28.3 Å². The number of rotatable bonds is 6. The lowest BCUT2D eigenvalue weighted by Crippen LogP contribution is -2.14. The van der Waals surface area contributed by atoms with Gasteiger partial charge in [0.15, 0.2) is 0 Å². The minimum atomic E-state index is -0.0372. The van der Waals surface area contributed by atoms with Crippen molar-refractivity contribution in [1.82, 2.24) is 4.98 Å². The van der Waals surface area contributed by atoms with E-state index in [2.05, 4.69) is 10.3 Å². The van der Waals surface area contributed by atoms with Crippen molar-refractivity contribution in [1.29, 1.82) is 0 Å². The van der Waals surface area contributed by atoms with Gasteiger partial charge < -0.3 is 10.1 Å². The van der Waals surface area contributed by atoms with Crippen LogP contribution in [-0.4, -0.2) is 10.9 Å². The normalized spacial score (nSPS) is 18.0. The van der Waals surface area contributed by atoms with E-state index < -0.39 is 0 Å². The number of pyridine rings is 1. The van der Waals surface area contributed by atoms with Crippen molar-refractivity contribution < 1.29 is 9.53 Å². The summed E-state index contributed by atoms with van der Waals surface area (Å²) < 4.78 is 5.79. The molecule has 27 heavy (non-hydrogen) atoms. The van der Waals surface area contributed by atoms with Crippen molar-refractivity contribution in [3.05, 3.63) is 89.2 Å². The van der Waals surface area contributed by atoms with Crippen molar-refractivity contribution in [3.8, 4) is 5.75 Å². The predicted octanol–water partition coefficient (Wildman–Crippen LogP) is 5.06. The van der Waals surface area contributed by atoms with Crippen molar-refractivity contribution in [2.75, 3.05) is 5.32 Å². The molecule has 2 unspecified atom stereocenters. The summed E-state index contributed by atoms with van der Waals surface area (Å²) in [5.41, 5.74) is 2.77. The third-order valence-corrected chi connectivity index (χ3v) is 5.01. The molecule has 0 spiro atoms. The fourth-order valence-electron chi connectivity index (χ4n) is 3.15. The van der Waals surface area contributed by atoms with Gasteiger partial charge in [0.2, 0.25) is 5.91 Å². The molecular formula is C22H19ClN2O2. The summed E-state index contributed by atoms with van der Waals surface area (Å²) in [6.07, 6.45) is 4.33. The van der Waals surface area contributed by atoms with Crippen LogP contribution in [0.4, 0.5) is 5.69 Å². The molecule has 1 aliphatic rings. The lowest BCUT2D eigenvalue weighted by atomic mass is 10.1. The summed E-state index contributed by atoms with van der Waals surface area (Å²) in [5.74, 6) is 0.882. The van der Waals surface area contributed by atoms with Gasteiger partial charge in [-0.1, -0.05) is 41.9 Å². The van der Waals surface area contributed by atoms with Gasteiger partial charge in [0.1, 0.15) is 12.4 Å². The summed E-state index contributed by atoms with van der Waals surface area (Å²) in [6, 6.07) is 19.0. The number of carbonyl (C=O) groups is 1. The molecule has 2 atom stereocenters. The number of halogens is 1. The second-order valence-electron chi connectivity index (χ2n) is 6.64. The molecular weight excluding hydrogens is 360 g/mol. The van der Waals surface area contributed by atoms with E-state index in [1.165, 1.54) is 0 Å². The molecule has 0 bridgehead atoms. The predicted molar refractivity (Wildman–Crippen MR) is 106 cm³/mol. The third kappa shape index (κ3) is 4.29. The van der Waals surface area contributed by atoms with Crippen molar-refractivity contribution in [3.63, 3.8) is 0 Å². The highest BCUT2D eigenvalue weighted by atomic mass is 35.5. The number of aromatic nitrogens is 1. The highest BCUT2D eigenvalue weighted by molar-refractivity contribution is 6.31. The van der Waals surface area contributed by atoms with Crippen LogP contribution in [0.1, 0.15) is 23.5 Å². The Morgan fingerprint density at radius 1 is 1.15 bits per heavy atom. The third-order valence-electron chi connectivity index (χ3n) is 4.66. The second-order valence-corrected chi connectivity index (χ2v) is 7.04. The Bertz CT molecular complexity index is 946. The molecule has 0 saturated heterocycles. The van der Waals surface area contributed by atoms with Crippen LogP contribution >= 0.6 is 11.6 Å². The standard InChI is InChI=1S/C22H19ClN2O2/c23-21-9-2-1-8-18(21)19-12-20(19)22(26)25-16-6-3-7-17(11-16)27-14-15-5-4-10-24-13-15/h1-11,13,19-20H,12,14H2,(H,25,26). The largest absolute Gasteiger partial charge is 0.489 e. The topological polar surface area (TPSA) is 51.2 Å². The van der Waals surface area contributed by atoms with Crippen molar-refractivity contribution in [2.45, 2.75) is 18.9 Å². The number of hydrogen-bond acceptors (Lipinski definition) is 3. The zero-order chi connectivity index (χ0) is 18.6. The average molecular weight is 379 g/mol. The molecule has 2 aromatic carbocycles. The Labute approximate surface area is 163 Å². The molecule has 4 nitrogen and oxygen atoms in total. The lowest BCUT2D eigenvalue weighted by molar-refractivity contribution is -0.117. The zero-order valence-corrected chi connectivity index (χ0v) is 15.4.